The summed E-state index contributed by atoms with van der Waals surface area (Å²) in [6.45, 7) is 5.10. The summed E-state index contributed by atoms with van der Waals surface area (Å²) in [5.41, 5.74) is 4.13. The van der Waals surface area contributed by atoms with Gasteiger partial charge >= 0.3 is 0 Å². The number of carbonyl (C=O) groups is 1. The number of likely N-dealkylation sites (tertiary alicyclic amines) is 1. The summed E-state index contributed by atoms with van der Waals surface area (Å²) in [5.74, 6) is 1.04. The fourth-order valence-corrected chi connectivity index (χ4v) is 4.75. The number of ether oxygens (including phenoxy) is 1. The van der Waals surface area contributed by atoms with Crippen molar-refractivity contribution in [3.63, 3.8) is 0 Å². The van der Waals surface area contributed by atoms with Gasteiger partial charge in [-0.15, -0.1) is 6.58 Å². The number of benzene rings is 3. The summed E-state index contributed by atoms with van der Waals surface area (Å²) >= 11 is 0. The van der Waals surface area contributed by atoms with E-state index in [1.54, 1.807) is 0 Å². The van der Waals surface area contributed by atoms with Crippen LogP contribution in [-0.4, -0.2) is 30.0 Å². The molecule has 3 aromatic carbocycles. The summed E-state index contributed by atoms with van der Waals surface area (Å²) in [6.07, 6.45) is 6.45. The average molecular weight is 465 g/mol. The Morgan fingerprint density at radius 2 is 1.66 bits per heavy atom. The molecule has 0 aromatic heterocycles. The Labute approximate surface area is 208 Å². The van der Waals surface area contributed by atoms with Gasteiger partial charge in [-0.1, -0.05) is 60.7 Å². The molecule has 0 spiro atoms. The first-order chi connectivity index (χ1) is 17.2. The van der Waals surface area contributed by atoms with Crippen LogP contribution in [0.3, 0.4) is 0 Å². The van der Waals surface area contributed by atoms with E-state index >= 15 is 0 Å². The van der Waals surface area contributed by atoms with Crippen LogP contribution in [0.1, 0.15) is 36.8 Å². The van der Waals surface area contributed by atoms with E-state index in [2.05, 4.69) is 36.9 Å². The Balaban J connectivity index is 1.33. The minimum absolute atomic E-state index is 0.00832. The van der Waals surface area contributed by atoms with Crippen LogP contribution in [0, 0.1) is 17.2 Å². The van der Waals surface area contributed by atoms with Gasteiger partial charge in [0.15, 0.2) is 0 Å². The lowest BCUT2D eigenvalue weighted by Crippen LogP contribution is -2.38. The largest absolute Gasteiger partial charge is 0.491 e. The van der Waals surface area contributed by atoms with Gasteiger partial charge in [0.25, 0.3) is 0 Å². The van der Waals surface area contributed by atoms with Crippen LogP contribution in [0.5, 0.6) is 5.75 Å². The van der Waals surface area contributed by atoms with Gasteiger partial charge in [0.1, 0.15) is 12.4 Å². The molecule has 1 fully saturated rings. The molecule has 0 N–H and O–H groups in total. The van der Waals surface area contributed by atoms with Crippen molar-refractivity contribution < 1.29 is 9.53 Å². The minimum Gasteiger partial charge on any atom is -0.491 e. The van der Waals surface area contributed by atoms with Crippen molar-refractivity contribution >= 4 is 5.91 Å². The van der Waals surface area contributed by atoms with Crippen molar-refractivity contribution in [3.05, 3.63) is 103 Å². The third kappa shape index (κ3) is 6.39. The number of aryl methyl sites for hydroxylation is 1. The quantitative estimate of drug-likeness (QED) is 0.243. The van der Waals surface area contributed by atoms with Crippen molar-refractivity contribution in [1.82, 2.24) is 4.90 Å². The molecule has 0 bridgehead atoms. The predicted octanol–water partition coefficient (Wildman–Crippen LogP) is 6.42. The van der Waals surface area contributed by atoms with Crippen molar-refractivity contribution in [3.8, 4) is 22.9 Å². The highest BCUT2D eigenvalue weighted by Crippen LogP contribution is 2.29. The van der Waals surface area contributed by atoms with Crippen LogP contribution < -0.4 is 4.74 Å². The molecule has 1 saturated heterocycles. The summed E-state index contributed by atoms with van der Waals surface area (Å²) < 4.78 is 6.14. The number of rotatable bonds is 11. The zero-order valence-corrected chi connectivity index (χ0v) is 20.1. The topological polar surface area (TPSA) is 53.3 Å². The highest BCUT2D eigenvalue weighted by atomic mass is 16.5. The number of nitrogens with zero attached hydrogens (tertiary/aromatic N) is 2. The summed E-state index contributed by atoms with van der Waals surface area (Å²) in [5, 5.41) is 8.98. The van der Waals surface area contributed by atoms with Gasteiger partial charge in [-0.05, 0) is 73.1 Å². The van der Waals surface area contributed by atoms with E-state index in [-0.39, 0.29) is 17.9 Å². The smallest absolute Gasteiger partial charge is 0.226 e. The van der Waals surface area contributed by atoms with E-state index in [0.717, 1.165) is 55.5 Å². The Hall–Kier alpha value is -3.84. The van der Waals surface area contributed by atoms with Crippen LogP contribution in [0.15, 0.2) is 91.5 Å². The van der Waals surface area contributed by atoms with Gasteiger partial charge in [0.05, 0.1) is 17.7 Å². The first-order valence-corrected chi connectivity index (χ1v) is 12.4. The first-order valence-electron chi connectivity index (χ1n) is 12.4. The van der Waals surface area contributed by atoms with Gasteiger partial charge in [-0.2, -0.15) is 5.26 Å². The molecule has 1 aliphatic rings. The number of allylic oxidation sites excluding steroid dienone is 1. The van der Waals surface area contributed by atoms with Crippen LogP contribution in [0.25, 0.3) is 11.1 Å². The van der Waals surface area contributed by atoms with Gasteiger partial charge in [0, 0.05) is 12.5 Å². The third-order valence-electron chi connectivity index (χ3n) is 6.68. The molecule has 0 unspecified atom stereocenters. The molecule has 0 aliphatic carbocycles. The fourth-order valence-electron chi connectivity index (χ4n) is 4.75. The van der Waals surface area contributed by atoms with Gasteiger partial charge < -0.3 is 9.64 Å². The standard InChI is InChI=1S/C31H32N2O2/c1-2-8-28-21-29(33(31(28)34)20-7-6-11-24-9-4-3-5-10-24)23-35-30-18-16-27(17-19-30)26-14-12-25(22-32)13-15-26/h2-5,9-10,12-19,28-29H,1,6-8,11,20-21,23H2/t28-,29+/m1/s1. The van der Waals surface area contributed by atoms with Crippen molar-refractivity contribution in [1.29, 1.82) is 5.26 Å². The van der Waals surface area contributed by atoms with Crippen molar-refractivity contribution in [2.24, 2.45) is 5.92 Å². The number of carbonyl (C=O) groups excluding carboxylic acids is 1. The molecule has 4 heteroatoms. The Morgan fingerprint density at radius 1 is 0.971 bits per heavy atom. The maximum atomic E-state index is 13.0. The number of hydrogen-bond donors (Lipinski definition) is 0. The summed E-state index contributed by atoms with van der Waals surface area (Å²) in [6, 6.07) is 28.3. The number of amides is 1. The molecular formula is C31H32N2O2. The van der Waals surface area contributed by atoms with E-state index in [1.165, 1.54) is 5.56 Å². The molecule has 0 saturated carbocycles. The lowest BCUT2D eigenvalue weighted by molar-refractivity contribution is -0.132. The average Bonchev–Trinajstić information content (AvgIpc) is 3.20. The van der Waals surface area contributed by atoms with Crippen LogP contribution in [0.4, 0.5) is 0 Å². The van der Waals surface area contributed by atoms with E-state index in [0.29, 0.717) is 12.2 Å². The van der Waals surface area contributed by atoms with E-state index in [1.807, 2.05) is 65.6 Å². The number of hydrogen-bond acceptors (Lipinski definition) is 3. The van der Waals surface area contributed by atoms with E-state index in [4.69, 9.17) is 10.00 Å². The second-order valence-corrected chi connectivity index (χ2v) is 9.11. The van der Waals surface area contributed by atoms with Crippen molar-refractivity contribution in [2.45, 2.75) is 38.1 Å². The van der Waals surface area contributed by atoms with Gasteiger partial charge in [-0.3, -0.25) is 4.79 Å². The second-order valence-electron chi connectivity index (χ2n) is 9.11. The maximum Gasteiger partial charge on any atom is 0.226 e. The van der Waals surface area contributed by atoms with Crippen molar-refractivity contribution in [2.75, 3.05) is 13.2 Å². The molecule has 4 rings (SSSR count). The van der Waals surface area contributed by atoms with Crippen LogP contribution >= 0.6 is 0 Å². The fraction of sp³-hybridized carbons (Fsp3) is 0.290. The Bertz CT molecular complexity index is 1150. The molecule has 3 aromatic rings. The second kappa shape index (κ2) is 12.0. The summed E-state index contributed by atoms with van der Waals surface area (Å²) in [4.78, 5) is 15.1. The third-order valence-corrected chi connectivity index (χ3v) is 6.68. The number of nitriles is 1. The zero-order valence-electron chi connectivity index (χ0n) is 20.1. The summed E-state index contributed by atoms with van der Waals surface area (Å²) in [7, 11) is 0. The molecule has 1 aliphatic heterocycles. The highest BCUT2D eigenvalue weighted by Gasteiger charge is 2.38. The normalized spacial score (nSPS) is 17.2. The Kier molecular flexibility index (Phi) is 8.35. The predicted molar refractivity (Wildman–Crippen MR) is 140 cm³/mol. The van der Waals surface area contributed by atoms with Crippen LogP contribution in [0.2, 0.25) is 0 Å². The van der Waals surface area contributed by atoms with E-state index < -0.39 is 0 Å². The molecule has 4 nitrogen and oxygen atoms in total. The molecule has 1 amide bonds. The molecule has 178 valence electrons. The lowest BCUT2D eigenvalue weighted by Gasteiger charge is -2.25. The molecule has 1 heterocycles. The molecular weight excluding hydrogens is 432 g/mol. The van der Waals surface area contributed by atoms with Crippen LogP contribution in [-0.2, 0) is 11.2 Å². The lowest BCUT2D eigenvalue weighted by atomic mass is 10.0. The zero-order chi connectivity index (χ0) is 24.5. The minimum atomic E-state index is 0.00832. The highest BCUT2D eigenvalue weighted by molar-refractivity contribution is 5.81. The molecule has 2 atom stereocenters. The SMILES string of the molecule is C=CC[C@@H]1C[C@@H](COc2ccc(-c3ccc(C#N)cc3)cc2)N(CCCCc2ccccc2)C1=O. The molecule has 0 radical (unpaired) electrons. The Morgan fingerprint density at radius 3 is 2.31 bits per heavy atom. The van der Waals surface area contributed by atoms with E-state index in [9.17, 15) is 4.79 Å². The van der Waals surface area contributed by atoms with Gasteiger partial charge in [-0.25, -0.2) is 0 Å². The maximum absolute atomic E-state index is 13.0. The molecule has 35 heavy (non-hydrogen) atoms. The number of unbranched alkanes of at least 4 members (excludes halogenated alkanes) is 1. The van der Waals surface area contributed by atoms with Gasteiger partial charge in [0.2, 0.25) is 5.91 Å². The monoisotopic (exact) mass is 464 g/mol. The first kappa shape index (κ1) is 24.3.